The molecule has 1 saturated heterocycles. The van der Waals surface area contributed by atoms with Crippen LogP contribution in [0.2, 0.25) is 0 Å². The first-order valence-electron chi connectivity index (χ1n) is 11.5. The van der Waals surface area contributed by atoms with Crippen LogP contribution in [-0.2, 0) is 14.3 Å². The normalized spacial score (nSPS) is 19.6. The van der Waals surface area contributed by atoms with E-state index in [0.717, 1.165) is 5.57 Å². The van der Waals surface area contributed by atoms with Crippen molar-refractivity contribution >= 4 is 35.1 Å². The first kappa shape index (κ1) is 23.4. The van der Waals surface area contributed by atoms with Crippen LogP contribution in [0.4, 0.5) is 11.4 Å². The summed E-state index contributed by atoms with van der Waals surface area (Å²) in [5, 5.41) is 2.79. The lowest BCUT2D eigenvalue weighted by Gasteiger charge is -2.19. The molecule has 4 rings (SSSR count). The molecule has 1 aliphatic carbocycles. The molecule has 176 valence electrons. The van der Waals surface area contributed by atoms with Crippen LogP contribution in [0.3, 0.4) is 0 Å². The predicted molar refractivity (Wildman–Crippen MR) is 128 cm³/mol. The maximum Gasteiger partial charge on any atom is 0.338 e. The number of benzene rings is 2. The monoisotopic (exact) mass is 460 g/mol. The van der Waals surface area contributed by atoms with E-state index in [9.17, 15) is 19.2 Å². The van der Waals surface area contributed by atoms with Crippen LogP contribution in [0, 0.1) is 17.8 Å². The molecular formula is C27H28N2O5. The van der Waals surface area contributed by atoms with Crippen molar-refractivity contribution in [3.63, 3.8) is 0 Å². The minimum atomic E-state index is -0.449. The van der Waals surface area contributed by atoms with Crippen LogP contribution in [0.1, 0.15) is 54.3 Å². The van der Waals surface area contributed by atoms with Gasteiger partial charge in [-0.1, -0.05) is 37.6 Å². The first-order chi connectivity index (χ1) is 16.3. The molecule has 2 aliphatic rings. The molecule has 2 aromatic rings. The van der Waals surface area contributed by atoms with Crippen molar-refractivity contribution in [2.75, 3.05) is 16.8 Å². The fraction of sp³-hybridized carbons (Fsp3) is 0.333. The van der Waals surface area contributed by atoms with Gasteiger partial charge in [-0.2, -0.15) is 0 Å². The zero-order chi connectivity index (χ0) is 24.4. The third-order valence-corrected chi connectivity index (χ3v) is 6.14. The highest BCUT2D eigenvalue weighted by Gasteiger charge is 2.49. The quantitative estimate of drug-likeness (QED) is 0.386. The van der Waals surface area contributed by atoms with Gasteiger partial charge in [0, 0.05) is 5.69 Å². The van der Waals surface area contributed by atoms with Crippen LogP contribution >= 0.6 is 0 Å². The number of nitrogens with one attached hydrogen (secondary N) is 1. The van der Waals surface area contributed by atoms with Gasteiger partial charge in [0.15, 0.2) is 0 Å². The SMILES string of the molecule is CC1=CC[C@@H]2C(=O)N(c3ccccc3C(=O)Nc3ccc(C(=O)OCC(C)C)cc3)C(=O)[C@@H]2C1. The standard InChI is InChI=1S/C27H28N2O5/c1-16(2)15-34-27(33)18-9-11-19(12-10-18)28-24(30)21-6-4-5-7-23(21)29-25(31)20-13-8-17(3)14-22(20)26(29)32/h4-12,16,20,22H,13-15H2,1-3H3,(H,28,30)/t20-,22+/m0/s1. The molecule has 1 fully saturated rings. The summed E-state index contributed by atoms with van der Waals surface area (Å²) >= 11 is 0. The number of nitrogens with zero attached hydrogens (tertiary/aromatic N) is 1. The molecule has 3 amide bonds. The summed E-state index contributed by atoms with van der Waals surface area (Å²) < 4.78 is 5.22. The first-order valence-corrected chi connectivity index (χ1v) is 11.5. The van der Waals surface area contributed by atoms with E-state index < -0.39 is 11.9 Å². The number of esters is 1. The van der Waals surface area contributed by atoms with Crippen molar-refractivity contribution < 1.29 is 23.9 Å². The molecule has 34 heavy (non-hydrogen) atoms. The van der Waals surface area contributed by atoms with E-state index in [1.165, 1.54) is 4.90 Å². The van der Waals surface area contributed by atoms with E-state index in [-0.39, 0.29) is 40.8 Å². The van der Waals surface area contributed by atoms with E-state index in [1.54, 1.807) is 48.5 Å². The lowest BCUT2D eigenvalue weighted by Crippen LogP contribution is -2.33. The van der Waals surface area contributed by atoms with Crippen LogP contribution in [0.25, 0.3) is 0 Å². The van der Waals surface area contributed by atoms with E-state index in [2.05, 4.69) is 5.32 Å². The molecule has 0 spiro atoms. The van der Waals surface area contributed by atoms with Gasteiger partial charge in [-0.3, -0.25) is 14.4 Å². The van der Waals surface area contributed by atoms with Gasteiger partial charge in [0.2, 0.25) is 11.8 Å². The second-order valence-corrected chi connectivity index (χ2v) is 9.26. The molecule has 2 aromatic carbocycles. The zero-order valence-corrected chi connectivity index (χ0v) is 19.5. The highest BCUT2D eigenvalue weighted by Crippen LogP contribution is 2.40. The van der Waals surface area contributed by atoms with E-state index in [1.807, 2.05) is 26.8 Å². The summed E-state index contributed by atoms with van der Waals surface area (Å²) in [6, 6.07) is 13.0. The summed E-state index contributed by atoms with van der Waals surface area (Å²) in [7, 11) is 0. The van der Waals surface area contributed by atoms with Crippen LogP contribution in [0.15, 0.2) is 60.2 Å². The summed E-state index contributed by atoms with van der Waals surface area (Å²) in [6.07, 6.45) is 3.11. The highest BCUT2D eigenvalue weighted by molar-refractivity contribution is 6.25. The van der Waals surface area contributed by atoms with Gasteiger partial charge in [-0.05, 0) is 62.1 Å². The lowest BCUT2D eigenvalue weighted by atomic mass is 9.82. The van der Waals surface area contributed by atoms with Gasteiger partial charge in [-0.15, -0.1) is 0 Å². The van der Waals surface area contributed by atoms with Gasteiger partial charge < -0.3 is 10.1 Å². The third kappa shape index (κ3) is 4.64. The second kappa shape index (κ2) is 9.63. The number of amides is 3. The number of ether oxygens (including phenoxy) is 1. The average molecular weight is 461 g/mol. The van der Waals surface area contributed by atoms with E-state index in [4.69, 9.17) is 4.74 Å². The van der Waals surface area contributed by atoms with Crippen molar-refractivity contribution in [1.29, 1.82) is 0 Å². The van der Waals surface area contributed by atoms with Gasteiger partial charge in [0.25, 0.3) is 5.91 Å². The van der Waals surface area contributed by atoms with Crippen molar-refractivity contribution in [1.82, 2.24) is 0 Å². The Morgan fingerprint density at radius 2 is 1.71 bits per heavy atom. The number of fused-ring (bicyclic) bond motifs is 1. The molecule has 1 aliphatic heterocycles. The predicted octanol–water partition coefficient (Wildman–Crippen LogP) is 4.60. The Hall–Kier alpha value is -3.74. The fourth-order valence-electron chi connectivity index (χ4n) is 4.35. The zero-order valence-electron chi connectivity index (χ0n) is 19.5. The number of para-hydroxylation sites is 1. The fourth-order valence-corrected chi connectivity index (χ4v) is 4.35. The van der Waals surface area contributed by atoms with E-state index in [0.29, 0.717) is 30.7 Å². The Kier molecular flexibility index (Phi) is 6.63. The molecule has 0 aromatic heterocycles. The maximum absolute atomic E-state index is 13.1. The topological polar surface area (TPSA) is 92.8 Å². The number of carbonyl (C=O) groups is 4. The van der Waals surface area contributed by atoms with Crippen LogP contribution in [0.5, 0.6) is 0 Å². The molecule has 0 unspecified atom stereocenters. The molecule has 1 N–H and O–H groups in total. The highest BCUT2D eigenvalue weighted by atomic mass is 16.5. The summed E-state index contributed by atoms with van der Waals surface area (Å²) in [6.45, 7) is 6.21. The minimum Gasteiger partial charge on any atom is -0.462 e. The Balaban J connectivity index is 1.51. The van der Waals surface area contributed by atoms with Crippen molar-refractivity contribution in [3.8, 4) is 0 Å². The van der Waals surface area contributed by atoms with Gasteiger partial charge >= 0.3 is 5.97 Å². The molecule has 2 atom stereocenters. The van der Waals surface area contributed by atoms with Crippen molar-refractivity contribution in [3.05, 3.63) is 71.3 Å². The number of hydrogen-bond donors (Lipinski definition) is 1. The number of anilines is 2. The lowest BCUT2D eigenvalue weighted by molar-refractivity contribution is -0.122. The van der Waals surface area contributed by atoms with Crippen LogP contribution in [-0.4, -0.2) is 30.3 Å². The Bertz CT molecular complexity index is 1170. The Morgan fingerprint density at radius 3 is 2.41 bits per heavy atom. The smallest absolute Gasteiger partial charge is 0.338 e. The van der Waals surface area contributed by atoms with Crippen molar-refractivity contribution in [2.24, 2.45) is 17.8 Å². The Morgan fingerprint density at radius 1 is 1.03 bits per heavy atom. The molecule has 1 heterocycles. The minimum absolute atomic E-state index is 0.230. The summed E-state index contributed by atoms with van der Waals surface area (Å²) in [4.78, 5) is 52.6. The van der Waals surface area contributed by atoms with Gasteiger partial charge in [0.05, 0.1) is 35.3 Å². The van der Waals surface area contributed by atoms with E-state index >= 15 is 0 Å². The number of imide groups is 1. The number of allylic oxidation sites excluding steroid dienone is 2. The third-order valence-electron chi connectivity index (χ3n) is 6.14. The number of carbonyl (C=O) groups excluding carboxylic acids is 4. The number of rotatable bonds is 6. The molecule has 0 saturated carbocycles. The molecular weight excluding hydrogens is 432 g/mol. The second-order valence-electron chi connectivity index (χ2n) is 9.26. The average Bonchev–Trinajstić information content (AvgIpc) is 3.07. The number of hydrogen-bond acceptors (Lipinski definition) is 5. The van der Waals surface area contributed by atoms with Crippen molar-refractivity contribution in [2.45, 2.75) is 33.6 Å². The summed E-state index contributed by atoms with van der Waals surface area (Å²) in [5.74, 6) is -1.91. The molecule has 0 bridgehead atoms. The largest absolute Gasteiger partial charge is 0.462 e. The maximum atomic E-state index is 13.1. The summed E-state index contributed by atoms with van der Waals surface area (Å²) in [5.41, 5.74) is 2.49. The molecule has 0 radical (unpaired) electrons. The van der Waals surface area contributed by atoms with Gasteiger partial charge in [-0.25, -0.2) is 9.69 Å². The molecule has 7 heteroatoms. The molecule has 7 nitrogen and oxygen atoms in total. The van der Waals surface area contributed by atoms with Gasteiger partial charge in [0.1, 0.15) is 0 Å². The van der Waals surface area contributed by atoms with Crippen LogP contribution < -0.4 is 10.2 Å². The Labute approximate surface area is 198 Å².